The summed E-state index contributed by atoms with van der Waals surface area (Å²) < 4.78 is 6.07. The molecule has 4 saturated carbocycles. The summed E-state index contributed by atoms with van der Waals surface area (Å²) in [4.78, 5) is 25.8. The smallest absolute Gasteiger partial charge is 0.411 e. The summed E-state index contributed by atoms with van der Waals surface area (Å²) in [5, 5.41) is 7.57. The van der Waals surface area contributed by atoms with Crippen molar-refractivity contribution in [3.63, 3.8) is 0 Å². The maximum Gasteiger partial charge on any atom is 0.411 e. The summed E-state index contributed by atoms with van der Waals surface area (Å²) in [6.45, 7) is 4.78. The highest BCUT2D eigenvalue weighted by atomic mass is 16.6. The second kappa shape index (κ2) is 8.83. The fourth-order valence-corrected chi connectivity index (χ4v) is 9.46. The molecule has 4 nitrogen and oxygen atoms in total. The standard InChI is InChI=1S/C34H39NO3/c1-33-16-14-25(20-24(33)10-11-26-28-12-13-31(36)34(28,2)17-15-29(26)33)38-32(37)35-30-9-5-8-23-18-21-6-3-4-7-22(21)19-27(23)30/h3-9,18-19,24-26,28-29H,10-17,20H2,1-2H3,(H,35,37)/t24-,25-,26+,28+,29+,33+,34+/m1/s1. The lowest BCUT2D eigenvalue weighted by molar-refractivity contribution is -0.142. The van der Waals surface area contributed by atoms with E-state index in [0.717, 1.165) is 60.4 Å². The summed E-state index contributed by atoms with van der Waals surface area (Å²) in [5.74, 6) is 3.12. The lowest BCUT2D eigenvalue weighted by Gasteiger charge is -2.60. The Bertz CT molecular complexity index is 1430. The van der Waals surface area contributed by atoms with Crippen LogP contribution in [0.5, 0.6) is 0 Å². The molecule has 1 amide bonds. The average molecular weight is 510 g/mol. The number of carbonyl (C=O) groups excluding carboxylic acids is 2. The predicted octanol–water partition coefficient (Wildman–Crippen LogP) is 8.52. The van der Waals surface area contributed by atoms with Crippen molar-refractivity contribution in [1.82, 2.24) is 0 Å². The van der Waals surface area contributed by atoms with Crippen LogP contribution >= 0.6 is 0 Å². The quantitative estimate of drug-likeness (QED) is 0.352. The van der Waals surface area contributed by atoms with Crippen molar-refractivity contribution in [2.45, 2.75) is 77.7 Å². The van der Waals surface area contributed by atoms with Gasteiger partial charge in [0, 0.05) is 17.2 Å². The van der Waals surface area contributed by atoms with Crippen LogP contribution in [0.2, 0.25) is 0 Å². The number of carbonyl (C=O) groups is 2. The van der Waals surface area contributed by atoms with Crippen LogP contribution in [0.25, 0.3) is 21.5 Å². The molecule has 4 aliphatic rings. The molecular formula is C34H39NO3. The van der Waals surface area contributed by atoms with Gasteiger partial charge < -0.3 is 4.74 Å². The number of fused-ring (bicyclic) bond motifs is 7. The highest BCUT2D eigenvalue weighted by molar-refractivity contribution is 6.06. The Labute approximate surface area is 225 Å². The maximum atomic E-state index is 13.1. The van der Waals surface area contributed by atoms with Gasteiger partial charge in [-0.1, -0.05) is 50.2 Å². The highest BCUT2D eigenvalue weighted by Crippen LogP contribution is 2.65. The first kappa shape index (κ1) is 24.2. The largest absolute Gasteiger partial charge is 0.446 e. The first-order chi connectivity index (χ1) is 18.3. The van der Waals surface area contributed by atoms with Crippen molar-refractivity contribution < 1.29 is 14.3 Å². The second-order valence-electron chi connectivity index (χ2n) is 13.2. The topological polar surface area (TPSA) is 55.4 Å². The van der Waals surface area contributed by atoms with Gasteiger partial charge in [0.05, 0.1) is 5.69 Å². The molecule has 4 heteroatoms. The van der Waals surface area contributed by atoms with Gasteiger partial charge in [-0.3, -0.25) is 10.1 Å². The molecule has 0 saturated heterocycles. The van der Waals surface area contributed by atoms with Crippen molar-refractivity contribution in [3.05, 3.63) is 54.6 Å². The van der Waals surface area contributed by atoms with Crippen LogP contribution in [0.1, 0.15) is 71.6 Å². The van der Waals surface area contributed by atoms with Crippen molar-refractivity contribution >= 4 is 39.1 Å². The minimum absolute atomic E-state index is 0.0256. The molecule has 0 bridgehead atoms. The number of rotatable bonds is 2. The number of amides is 1. The Hall–Kier alpha value is -2.88. The molecule has 7 rings (SSSR count). The molecular weight excluding hydrogens is 470 g/mol. The zero-order valence-electron chi connectivity index (χ0n) is 22.7. The molecule has 0 aromatic heterocycles. The zero-order chi connectivity index (χ0) is 26.1. The van der Waals surface area contributed by atoms with Crippen molar-refractivity contribution in [2.75, 3.05) is 5.32 Å². The van der Waals surface area contributed by atoms with Crippen molar-refractivity contribution in [1.29, 1.82) is 0 Å². The first-order valence-electron chi connectivity index (χ1n) is 14.8. The summed E-state index contributed by atoms with van der Waals surface area (Å²) in [7, 11) is 0. The van der Waals surface area contributed by atoms with Crippen LogP contribution in [0.3, 0.4) is 0 Å². The van der Waals surface area contributed by atoms with Gasteiger partial charge >= 0.3 is 6.09 Å². The van der Waals surface area contributed by atoms with Gasteiger partial charge in [-0.25, -0.2) is 4.79 Å². The number of Topliss-reactive ketones (excluding diaryl/α,β-unsaturated/α-hetero) is 1. The summed E-state index contributed by atoms with van der Waals surface area (Å²) in [5.41, 5.74) is 1.05. The van der Waals surface area contributed by atoms with Crippen LogP contribution in [-0.4, -0.2) is 18.0 Å². The number of ether oxygens (including phenoxy) is 1. The summed E-state index contributed by atoms with van der Waals surface area (Å²) >= 11 is 0. The number of hydrogen-bond acceptors (Lipinski definition) is 3. The third-order valence-electron chi connectivity index (χ3n) is 11.6. The van der Waals surface area contributed by atoms with Gasteiger partial charge in [0.25, 0.3) is 0 Å². The average Bonchev–Trinajstić information content (AvgIpc) is 3.22. The number of nitrogens with one attached hydrogen (secondary N) is 1. The molecule has 3 aromatic carbocycles. The number of anilines is 1. The van der Waals surface area contributed by atoms with Crippen LogP contribution in [0, 0.1) is 34.5 Å². The minimum Gasteiger partial charge on any atom is -0.446 e. The zero-order valence-corrected chi connectivity index (χ0v) is 22.7. The van der Waals surface area contributed by atoms with Crippen LogP contribution in [0.4, 0.5) is 10.5 Å². The third-order valence-corrected chi connectivity index (χ3v) is 11.6. The summed E-state index contributed by atoms with van der Waals surface area (Å²) in [6, 6.07) is 18.7. The van der Waals surface area contributed by atoms with E-state index in [-0.39, 0.29) is 17.6 Å². The molecule has 0 spiro atoms. The van der Waals surface area contributed by atoms with Gasteiger partial charge in [-0.05, 0) is 115 Å². The molecule has 198 valence electrons. The lowest BCUT2D eigenvalue weighted by Crippen LogP contribution is -2.54. The fourth-order valence-electron chi connectivity index (χ4n) is 9.46. The number of benzene rings is 3. The van der Waals surface area contributed by atoms with E-state index < -0.39 is 0 Å². The van der Waals surface area contributed by atoms with Gasteiger partial charge in [0.2, 0.25) is 0 Å². The van der Waals surface area contributed by atoms with E-state index in [9.17, 15) is 9.59 Å². The molecule has 7 atom stereocenters. The SMILES string of the molecule is C[C@]12CC[C@@H](OC(=O)Nc3cccc4cc5ccccc5cc34)C[C@H]1CC[C@@H]1[C@@H]2CC[C@]2(C)C(=O)CC[C@@H]12. The monoisotopic (exact) mass is 509 g/mol. The normalized spacial score (nSPS) is 36.4. The third kappa shape index (κ3) is 3.70. The summed E-state index contributed by atoms with van der Waals surface area (Å²) in [6.07, 6.45) is 9.26. The highest BCUT2D eigenvalue weighted by Gasteiger charge is 2.60. The van der Waals surface area contributed by atoms with Crippen LogP contribution in [-0.2, 0) is 9.53 Å². The number of ketones is 1. The molecule has 38 heavy (non-hydrogen) atoms. The second-order valence-corrected chi connectivity index (χ2v) is 13.2. The minimum atomic E-state index is -0.342. The predicted molar refractivity (Wildman–Crippen MR) is 152 cm³/mol. The Kier molecular flexibility index (Phi) is 5.62. The van der Waals surface area contributed by atoms with Gasteiger partial charge in [-0.15, -0.1) is 0 Å². The molecule has 3 aromatic rings. The van der Waals surface area contributed by atoms with Crippen LogP contribution in [0.15, 0.2) is 54.6 Å². The van der Waals surface area contributed by atoms with Gasteiger partial charge in [0.15, 0.2) is 0 Å². The molecule has 0 unspecified atom stereocenters. The Morgan fingerprint density at radius 3 is 2.50 bits per heavy atom. The van der Waals surface area contributed by atoms with E-state index in [1.165, 1.54) is 24.6 Å². The lowest BCUT2D eigenvalue weighted by atomic mass is 9.45. The van der Waals surface area contributed by atoms with Gasteiger partial charge in [0.1, 0.15) is 11.9 Å². The van der Waals surface area contributed by atoms with E-state index >= 15 is 0 Å². The Balaban J connectivity index is 1.04. The van der Waals surface area contributed by atoms with E-state index in [4.69, 9.17) is 4.74 Å². The van der Waals surface area contributed by atoms with E-state index in [1.807, 2.05) is 18.2 Å². The van der Waals surface area contributed by atoms with E-state index in [0.29, 0.717) is 34.9 Å². The van der Waals surface area contributed by atoms with Crippen molar-refractivity contribution in [2.24, 2.45) is 34.5 Å². The Morgan fingerprint density at radius 1 is 0.868 bits per heavy atom. The maximum absolute atomic E-state index is 13.1. The molecule has 1 N–H and O–H groups in total. The first-order valence-corrected chi connectivity index (χ1v) is 14.8. The molecule has 4 fully saturated rings. The Morgan fingerprint density at radius 2 is 1.66 bits per heavy atom. The molecule has 0 radical (unpaired) electrons. The van der Waals surface area contributed by atoms with E-state index in [1.54, 1.807) is 0 Å². The van der Waals surface area contributed by atoms with Crippen molar-refractivity contribution in [3.8, 4) is 0 Å². The molecule has 0 aliphatic heterocycles. The number of hydrogen-bond donors (Lipinski definition) is 1. The van der Waals surface area contributed by atoms with Crippen LogP contribution < -0.4 is 5.32 Å². The van der Waals surface area contributed by atoms with E-state index in [2.05, 4.69) is 55.6 Å². The molecule has 0 heterocycles. The van der Waals surface area contributed by atoms with Gasteiger partial charge in [-0.2, -0.15) is 0 Å². The molecule has 4 aliphatic carbocycles. The fraction of sp³-hybridized carbons (Fsp3) is 0.529.